The van der Waals surface area contributed by atoms with Gasteiger partial charge in [-0.3, -0.25) is 9.69 Å². The summed E-state index contributed by atoms with van der Waals surface area (Å²) in [6, 6.07) is 14.2. The summed E-state index contributed by atoms with van der Waals surface area (Å²) in [5.41, 5.74) is 3.05. The van der Waals surface area contributed by atoms with Gasteiger partial charge in [0.1, 0.15) is 11.9 Å². The van der Waals surface area contributed by atoms with E-state index in [9.17, 15) is 9.18 Å². The van der Waals surface area contributed by atoms with E-state index in [0.717, 1.165) is 41.7 Å². The first-order valence-electron chi connectivity index (χ1n) is 12.4. The molecule has 1 atom stereocenters. The number of aromatic amines is 1. The molecule has 0 radical (unpaired) electrons. The Kier molecular flexibility index (Phi) is 6.34. The first-order chi connectivity index (χ1) is 17.3. The van der Waals surface area contributed by atoms with Crippen LogP contribution in [0.4, 0.5) is 10.1 Å². The van der Waals surface area contributed by atoms with Crippen molar-refractivity contribution in [3.05, 3.63) is 81.7 Å². The molecule has 5 rings (SSSR count). The van der Waals surface area contributed by atoms with Crippen molar-refractivity contribution >= 4 is 16.6 Å². The van der Waals surface area contributed by atoms with Crippen molar-refractivity contribution in [2.45, 2.75) is 45.7 Å². The summed E-state index contributed by atoms with van der Waals surface area (Å²) in [6.45, 7) is 11.2. The highest BCUT2D eigenvalue weighted by Crippen LogP contribution is 2.32. The molecule has 1 N–H and O–H groups in total. The quantitative estimate of drug-likeness (QED) is 0.441. The third-order valence-electron chi connectivity index (χ3n) is 7.46. The Morgan fingerprint density at radius 1 is 1.08 bits per heavy atom. The van der Waals surface area contributed by atoms with E-state index in [0.29, 0.717) is 24.5 Å². The normalized spacial score (nSPS) is 16.0. The zero-order valence-corrected chi connectivity index (χ0v) is 21.2. The van der Waals surface area contributed by atoms with Crippen LogP contribution in [0.3, 0.4) is 0 Å². The number of fused-ring (bicyclic) bond motifs is 1. The lowest BCUT2D eigenvalue weighted by molar-refractivity contribution is 0.186. The number of tetrazole rings is 1. The minimum absolute atomic E-state index is 0.133. The lowest BCUT2D eigenvalue weighted by atomic mass is 9.98. The Hall–Kier alpha value is -3.59. The molecule has 1 aliphatic heterocycles. The number of pyridine rings is 1. The van der Waals surface area contributed by atoms with E-state index in [2.05, 4.69) is 51.1 Å². The number of nitrogens with one attached hydrogen (secondary N) is 1. The van der Waals surface area contributed by atoms with Crippen molar-refractivity contribution < 1.29 is 4.39 Å². The van der Waals surface area contributed by atoms with Crippen LogP contribution in [0.2, 0.25) is 0 Å². The van der Waals surface area contributed by atoms with Gasteiger partial charge in [-0.05, 0) is 78.9 Å². The number of anilines is 1. The van der Waals surface area contributed by atoms with Crippen molar-refractivity contribution in [2.75, 3.05) is 31.1 Å². The SMILES string of the molecule is CCC(C)(C)n1nnnc1C(c1cc2cccc(C)c2[nH]c1=O)N1CCN(c2ccc(F)cc2)CC1. The van der Waals surface area contributed by atoms with Crippen LogP contribution < -0.4 is 10.5 Å². The lowest BCUT2D eigenvalue weighted by Crippen LogP contribution is -2.49. The number of aryl methyl sites for hydroxylation is 1. The molecule has 36 heavy (non-hydrogen) atoms. The smallest absolute Gasteiger partial charge is 0.253 e. The Morgan fingerprint density at radius 3 is 2.50 bits per heavy atom. The number of hydrogen-bond acceptors (Lipinski definition) is 6. The van der Waals surface area contributed by atoms with E-state index in [1.807, 2.05) is 48.0 Å². The third kappa shape index (κ3) is 4.39. The Balaban J connectivity index is 1.56. The molecular weight excluding hydrogens is 457 g/mol. The number of benzene rings is 2. The highest BCUT2D eigenvalue weighted by molar-refractivity contribution is 5.82. The van der Waals surface area contributed by atoms with Crippen LogP contribution in [0.15, 0.2) is 53.3 Å². The molecule has 0 aliphatic carbocycles. The molecule has 1 unspecified atom stereocenters. The van der Waals surface area contributed by atoms with E-state index in [1.165, 1.54) is 12.1 Å². The van der Waals surface area contributed by atoms with Gasteiger partial charge >= 0.3 is 0 Å². The van der Waals surface area contributed by atoms with Crippen molar-refractivity contribution in [1.82, 2.24) is 30.1 Å². The largest absolute Gasteiger partial charge is 0.369 e. The zero-order valence-electron chi connectivity index (χ0n) is 21.2. The van der Waals surface area contributed by atoms with Crippen LogP contribution >= 0.6 is 0 Å². The number of hydrogen-bond donors (Lipinski definition) is 1. The average Bonchev–Trinajstić information content (AvgIpc) is 3.37. The summed E-state index contributed by atoms with van der Waals surface area (Å²) in [7, 11) is 0. The van der Waals surface area contributed by atoms with Crippen molar-refractivity contribution in [1.29, 1.82) is 0 Å². The lowest BCUT2D eigenvalue weighted by Gasteiger charge is -2.40. The maximum absolute atomic E-state index is 13.5. The molecule has 188 valence electrons. The molecule has 0 bridgehead atoms. The molecule has 8 nitrogen and oxygen atoms in total. The van der Waals surface area contributed by atoms with Crippen LogP contribution in [-0.2, 0) is 5.54 Å². The second kappa shape index (κ2) is 9.46. The predicted molar refractivity (Wildman–Crippen MR) is 139 cm³/mol. The first-order valence-corrected chi connectivity index (χ1v) is 12.4. The van der Waals surface area contributed by atoms with Gasteiger partial charge in [0.25, 0.3) is 5.56 Å². The van der Waals surface area contributed by atoms with Gasteiger partial charge in [0.05, 0.1) is 11.1 Å². The maximum Gasteiger partial charge on any atom is 0.253 e. The number of halogens is 1. The molecule has 0 saturated carbocycles. The second-order valence-electron chi connectivity index (χ2n) is 10.1. The summed E-state index contributed by atoms with van der Waals surface area (Å²) in [6.07, 6.45) is 0.837. The minimum atomic E-state index is -0.408. The monoisotopic (exact) mass is 489 g/mol. The number of nitrogens with zero attached hydrogens (tertiary/aromatic N) is 6. The van der Waals surface area contributed by atoms with Crippen LogP contribution in [0.5, 0.6) is 0 Å². The number of rotatable bonds is 6. The molecule has 2 aromatic carbocycles. The Labute approximate surface area is 209 Å². The number of piperazine rings is 1. The number of H-pyrrole nitrogens is 1. The van der Waals surface area contributed by atoms with E-state index in [4.69, 9.17) is 0 Å². The fourth-order valence-corrected chi connectivity index (χ4v) is 4.94. The highest BCUT2D eigenvalue weighted by atomic mass is 19.1. The van der Waals surface area contributed by atoms with Gasteiger partial charge in [-0.2, -0.15) is 0 Å². The summed E-state index contributed by atoms with van der Waals surface area (Å²) in [4.78, 5) is 21.1. The van der Waals surface area contributed by atoms with Gasteiger partial charge in [0.15, 0.2) is 5.82 Å². The van der Waals surface area contributed by atoms with Gasteiger partial charge in [0, 0.05) is 37.4 Å². The van der Waals surface area contributed by atoms with Crippen molar-refractivity contribution in [2.24, 2.45) is 0 Å². The summed E-state index contributed by atoms with van der Waals surface area (Å²) in [5.74, 6) is 0.420. The Morgan fingerprint density at radius 2 is 1.81 bits per heavy atom. The minimum Gasteiger partial charge on any atom is -0.369 e. The number of aromatic nitrogens is 5. The van der Waals surface area contributed by atoms with Crippen LogP contribution in [0, 0.1) is 12.7 Å². The van der Waals surface area contributed by atoms with E-state index < -0.39 is 6.04 Å². The van der Waals surface area contributed by atoms with E-state index >= 15 is 0 Å². The first kappa shape index (κ1) is 24.1. The maximum atomic E-state index is 13.5. The van der Waals surface area contributed by atoms with Gasteiger partial charge in [-0.25, -0.2) is 9.07 Å². The summed E-state index contributed by atoms with van der Waals surface area (Å²) in [5, 5.41) is 13.8. The summed E-state index contributed by atoms with van der Waals surface area (Å²) >= 11 is 0. The molecule has 3 heterocycles. The van der Waals surface area contributed by atoms with Gasteiger partial charge in [-0.1, -0.05) is 25.1 Å². The molecule has 4 aromatic rings. The predicted octanol–water partition coefficient (Wildman–Crippen LogP) is 4.02. The molecule has 0 amide bonds. The molecule has 2 aromatic heterocycles. The summed E-state index contributed by atoms with van der Waals surface area (Å²) < 4.78 is 15.3. The molecule has 9 heteroatoms. The standard InChI is InChI=1S/C27H32FN7O/c1-5-27(3,4)35-25(30-31-32-35)24(22-17-19-8-6-7-18(2)23(19)29-26(22)36)34-15-13-33(14-16-34)21-11-9-20(28)10-12-21/h6-12,17,24H,5,13-16H2,1-4H3,(H,29,36). The second-order valence-corrected chi connectivity index (χ2v) is 10.1. The van der Waals surface area contributed by atoms with Crippen LogP contribution in [0.25, 0.3) is 10.9 Å². The van der Waals surface area contributed by atoms with Gasteiger partial charge < -0.3 is 9.88 Å². The number of para-hydroxylation sites is 1. The highest BCUT2D eigenvalue weighted by Gasteiger charge is 2.35. The molecule has 1 saturated heterocycles. The zero-order chi connectivity index (χ0) is 25.4. The fourth-order valence-electron chi connectivity index (χ4n) is 4.94. The average molecular weight is 490 g/mol. The van der Waals surface area contributed by atoms with Gasteiger partial charge in [0.2, 0.25) is 0 Å². The van der Waals surface area contributed by atoms with Crippen molar-refractivity contribution in [3.63, 3.8) is 0 Å². The molecule has 1 fully saturated rings. The van der Waals surface area contributed by atoms with Crippen LogP contribution in [0.1, 0.15) is 50.2 Å². The molecular formula is C27H32FN7O. The third-order valence-corrected chi connectivity index (χ3v) is 7.46. The van der Waals surface area contributed by atoms with Crippen molar-refractivity contribution in [3.8, 4) is 0 Å². The van der Waals surface area contributed by atoms with Crippen LogP contribution in [-0.4, -0.2) is 56.3 Å². The van der Waals surface area contributed by atoms with E-state index in [1.54, 1.807) is 0 Å². The Bertz CT molecular complexity index is 1420. The molecule has 1 aliphatic rings. The van der Waals surface area contributed by atoms with E-state index in [-0.39, 0.29) is 16.9 Å². The fraction of sp³-hybridized carbons (Fsp3) is 0.407. The topological polar surface area (TPSA) is 82.9 Å². The molecule has 0 spiro atoms. The van der Waals surface area contributed by atoms with Gasteiger partial charge in [-0.15, -0.1) is 5.10 Å².